The molecule has 3 aromatic heterocycles. The Morgan fingerprint density at radius 2 is 1.74 bits per heavy atom. The maximum Gasteiger partial charge on any atom is 0.299 e. The van der Waals surface area contributed by atoms with Crippen molar-refractivity contribution < 1.29 is 9.18 Å². The fourth-order valence-corrected chi connectivity index (χ4v) is 3.46. The summed E-state index contributed by atoms with van der Waals surface area (Å²) in [7, 11) is 0. The van der Waals surface area contributed by atoms with Gasteiger partial charge in [-0.2, -0.15) is 5.10 Å². The summed E-state index contributed by atoms with van der Waals surface area (Å²) in [6.07, 6.45) is 1.42. The van der Waals surface area contributed by atoms with E-state index in [4.69, 9.17) is 0 Å². The van der Waals surface area contributed by atoms with Crippen molar-refractivity contribution in [3.8, 4) is 11.1 Å². The first-order chi connectivity index (χ1) is 15.0. The van der Waals surface area contributed by atoms with Crippen molar-refractivity contribution in [1.82, 2.24) is 24.5 Å². The molecule has 3 heterocycles. The molecule has 1 N–H and O–H groups in total. The van der Waals surface area contributed by atoms with Gasteiger partial charge in [-0.25, -0.2) is 13.6 Å². The van der Waals surface area contributed by atoms with Gasteiger partial charge in [0.15, 0.2) is 11.2 Å². The molecule has 0 aliphatic rings. The van der Waals surface area contributed by atoms with Crippen molar-refractivity contribution in [2.45, 2.75) is 6.92 Å². The zero-order chi connectivity index (χ0) is 21.5. The van der Waals surface area contributed by atoms with E-state index in [-0.39, 0.29) is 11.1 Å². The topological polar surface area (TPSA) is 94.2 Å². The third-order valence-corrected chi connectivity index (χ3v) is 4.95. The van der Waals surface area contributed by atoms with E-state index >= 15 is 0 Å². The molecule has 152 valence electrons. The molecule has 0 aliphatic carbocycles. The van der Waals surface area contributed by atoms with Crippen LogP contribution in [-0.4, -0.2) is 30.4 Å². The Bertz CT molecular complexity index is 1510. The van der Waals surface area contributed by atoms with Crippen molar-refractivity contribution in [1.29, 1.82) is 0 Å². The molecule has 5 rings (SSSR count). The predicted molar refractivity (Wildman–Crippen MR) is 113 cm³/mol. The Morgan fingerprint density at radius 3 is 2.48 bits per heavy atom. The Morgan fingerprint density at radius 1 is 1.00 bits per heavy atom. The summed E-state index contributed by atoms with van der Waals surface area (Å²) in [5.41, 5.74) is 5.71. The monoisotopic (exact) mass is 414 g/mol. The van der Waals surface area contributed by atoms with Crippen molar-refractivity contribution >= 4 is 22.6 Å². The molecule has 0 bridgehead atoms. The SMILES string of the molecule is Cc1nn2c(nnc3c(=O)n(NC(=O)c4ccc(F)cc4)ccc32)c1-c1ccccc1. The molecule has 5 aromatic rings. The molecule has 31 heavy (non-hydrogen) atoms. The molecule has 9 heteroatoms. The minimum absolute atomic E-state index is 0.0523. The quantitative estimate of drug-likeness (QED) is 0.490. The minimum Gasteiger partial charge on any atom is -0.267 e. The molecular weight excluding hydrogens is 399 g/mol. The normalized spacial score (nSPS) is 11.2. The van der Waals surface area contributed by atoms with Crippen molar-refractivity contribution in [2.24, 2.45) is 0 Å². The third kappa shape index (κ3) is 3.12. The van der Waals surface area contributed by atoms with E-state index in [0.717, 1.165) is 21.5 Å². The van der Waals surface area contributed by atoms with Crippen LogP contribution in [0.25, 0.3) is 27.8 Å². The maximum absolute atomic E-state index is 13.1. The number of aryl methyl sites for hydroxylation is 1. The number of rotatable bonds is 3. The number of fused-ring (bicyclic) bond motifs is 3. The number of carbonyl (C=O) groups excluding carboxylic acids is 1. The smallest absolute Gasteiger partial charge is 0.267 e. The molecule has 8 nitrogen and oxygen atoms in total. The second-order valence-corrected chi connectivity index (χ2v) is 6.93. The summed E-state index contributed by atoms with van der Waals surface area (Å²) in [5.74, 6) is -1.01. The highest BCUT2D eigenvalue weighted by molar-refractivity contribution is 6.00. The molecule has 1 amide bonds. The van der Waals surface area contributed by atoms with E-state index in [9.17, 15) is 14.0 Å². The number of pyridine rings is 1. The lowest BCUT2D eigenvalue weighted by molar-refractivity contribution is 0.101. The van der Waals surface area contributed by atoms with Crippen LogP contribution in [0.15, 0.2) is 71.7 Å². The molecule has 0 unspecified atom stereocenters. The number of nitrogens with one attached hydrogen (secondary N) is 1. The molecule has 0 radical (unpaired) electrons. The van der Waals surface area contributed by atoms with E-state index in [0.29, 0.717) is 11.2 Å². The molecule has 0 saturated carbocycles. The van der Waals surface area contributed by atoms with Crippen LogP contribution in [0.4, 0.5) is 4.39 Å². The van der Waals surface area contributed by atoms with Crippen molar-refractivity contribution in [2.75, 3.05) is 5.43 Å². The van der Waals surface area contributed by atoms with Gasteiger partial charge < -0.3 is 0 Å². The Balaban J connectivity index is 1.59. The van der Waals surface area contributed by atoms with E-state index in [2.05, 4.69) is 20.7 Å². The summed E-state index contributed by atoms with van der Waals surface area (Å²) in [6, 6.07) is 16.3. The lowest BCUT2D eigenvalue weighted by Gasteiger charge is -2.09. The predicted octanol–water partition coefficient (Wildman–Crippen LogP) is 2.94. The molecule has 0 atom stereocenters. The largest absolute Gasteiger partial charge is 0.299 e. The lowest BCUT2D eigenvalue weighted by atomic mass is 10.1. The molecule has 0 aliphatic heterocycles. The van der Waals surface area contributed by atoms with Gasteiger partial charge in [0, 0.05) is 11.8 Å². The zero-order valence-corrected chi connectivity index (χ0v) is 16.3. The van der Waals surface area contributed by atoms with Gasteiger partial charge in [-0.15, -0.1) is 10.2 Å². The summed E-state index contributed by atoms with van der Waals surface area (Å²) >= 11 is 0. The van der Waals surface area contributed by atoms with Gasteiger partial charge in [-0.05, 0) is 42.8 Å². The van der Waals surface area contributed by atoms with E-state index in [1.807, 2.05) is 37.3 Å². The van der Waals surface area contributed by atoms with Gasteiger partial charge in [0.05, 0.1) is 11.3 Å². The fourth-order valence-electron chi connectivity index (χ4n) is 3.46. The summed E-state index contributed by atoms with van der Waals surface area (Å²) < 4.78 is 15.7. The van der Waals surface area contributed by atoms with Gasteiger partial charge in [0.1, 0.15) is 11.3 Å². The summed E-state index contributed by atoms with van der Waals surface area (Å²) in [6.45, 7) is 1.87. The highest BCUT2D eigenvalue weighted by atomic mass is 19.1. The first kappa shape index (κ1) is 18.6. The number of benzene rings is 2. The number of nitrogens with zero attached hydrogens (tertiary/aromatic N) is 5. The van der Waals surface area contributed by atoms with Crippen molar-refractivity contribution in [3.05, 3.63) is 94.3 Å². The standard InChI is InChI=1S/C22H15FN6O2/c1-13-18(14-5-3-2-4-6-14)20-25-24-19-17(29(20)26-13)11-12-28(22(19)31)27-21(30)15-7-9-16(23)10-8-15/h2-12H,1H3,(H,27,30). The Hall–Kier alpha value is -4.40. The highest BCUT2D eigenvalue weighted by Gasteiger charge is 2.18. The van der Waals surface area contributed by atoms with Crippen LogP contribution in [-0.2, 0) is 0 Å². The van der Waals surface area contributed by atoms with Crippen LogP contribution in [0.5, 0.6) is 0 Å². The molecule has 0 fully saturated rings. The van der Waals surface area contributed by atoms with Crippen LogP contribution >= 0.6 is 0 Å². The second-order valence-electron chi connectivity index (χ2n) is 6.93. The molecule has 0 saturated heterocycles. The highest BCUT2D eigenvalue weighted by Crippen LogP contribution is 2.27. The van der Waals surface area contributed by atoms with Crippen molar-refractivity contribution in [3.63, 3.8) is 0 Å². The second kappa shape index (κ2) is 7.13. The van der Waals surface area contributed by atoms with Gasteiger partial charge in [0.2, 0.25) is 0 Å². The number of amides is 1. The molecule has 0 spiro atoms. The van der Waals surface area contributed by atoms with Gasteiger partial charge in [0.25, 0.3) is 11.5 Å². The van der Waals surface area contributed by atoms with Crippen LogP contribution in [0, 0.1) is 12.7 Å². The summed E-state index contributed by atoms with van der Waals surface area (Å²) in [4.78, 5) is 25.3. The first-order valence-electron chi connectivity index (χ1n) is 9.42. The zero-order valence-electron chi connectivity index (χ0n) is 16.3. The first-order valence-corrected chi connectivity index (χ1v) is 9.42. The molecule has 2 aromatic carbocycles. The minimum atomic E-state index is -0.559. The lowest BCUT2D eigenvalue weighted by Crippen LogP contribution is -2.33. The number of carbonyl (C=O) groups is 1. The fraction of sp³-hybridized carbons (Fsp3) is 0.0455. The Labute approximate surface area is 174 Å². The molecular formula is C22H15FN6O2. The van der Waals surface area contributed by atoms with Gasteiger partial charge in [-0.1, -0.05) is 30.3 Å². The van der Waals surface area contributed by atoms with Crippen LogP contribution in [0.1, 0.15) is 16.1 Å². The van der Waals surface area contributed by atoms with E-state index < -0.39 is 17.3 Å². The van der Waals surface area contributed by atoms with Gasteiger partial charge >= 0.3 is 0 Å². The van der Waals surface area contributed by atoms with Crippen LogP contribution in [0.2, 0.25) is 0 Å². The number of hydrogen-bond acceptors (Lipinski definition) is 5. The number of halogens is 1. The van der Waals surface area contributed by atoms with Crippen LogP contribution in [0.3, 0.4) is 0 Å². The number of hydrogen-bond donors (Lipinski definition) is 1. The maximum atomic E-state index is 13.1. The van der Waals surface area contributed by atoms with Crippen LogP contribution < -0.4 is 11.0 Å². The average Bonchev–Trinajstić information content (AvgIpc) is 3.12. The Kier molecular flexibility index (Phi) is 4.28. The number of aromatic nitrogens is 5. The van der Waals surface area contributed by atoms with E-state index in [1.54, 1.807) is 10.6 Å². The summed E-state index contributed by atoms with van der Waals surface area (Å²) in [5, 5.41) is 12.9. The average molecular weight is 414 g/mol. The van der Waals surface area contributed by atoms with E-state index in [1.165, 1.54) is 30.5 Å². The van der Waals surface area contributed by atoms with Gasteiger partial charge in [-0.3, -0.25) is 15.0 Å². The third-order valence-electron chi connectivity index (χ3n) is 4.95.